The minimum Gasteiger partial charge on any atom is -0.396 e. The van der Waals surface area contributed by atoms with Crippen LogP contribution in [0.5, 0.6) is 0 Å². The van der Waals surface area contributed by atoms with E-state index in [2.05, 4.69) is 20.5 Å². The zero-order chi connectivity index (χ0) is 13.8. The van der Waals surface area contributed by atoms with Crippen LogP contribution in [-0.2, 0) is 13.0 Å². The highest BCUT2D eigenvalue weighted by Crippen LogP contribution is 2.22. The summed E-state index contributed by atoms with van der Waals surface area (Å²) in [4.78, 5) is 5.27. The van der Waals surface area contributed by atoms with Gasteiger partial charge in [-0.2, -0.15) is 4.98 Å². The van der Waals surface area contributed by atoms with Crippen LogP contribution in [0.2, 0.25) is 0 Å². The third-order valence-electron chi connectivity index (χ3n) is 2.68. The lowest BCUT2D eigenvalue weighted by Gasteiger charge is -1.92. The summed E-state index contributed by atoms with van der Waals surface area (Å²) in [7, 11) is 0. The number of hydrogen-bond acceptors (Lipinski definition) is 7. The van der Waals surface area contributed by atoms with Crippen LogP contribution in [-0.4, -0.2) is 36.8 Å². The lowest BCUT2D eigenvalue weighted by molar-refractivity contribution is 0.288. The van der Waals surface area contributed by atoms with E-state index < -0.39 is 0 Å². The Kier molecular flexibility index (Phi) is 3.84. The van der Waals surface area contributed by atoms with Crippen LogP contribution >= 0.6 is 11.3 Å². The van der Waals surface area contributed by atoms with Gasteiger partial charge in [-0.25, -0.2) is 4.68 Å². The predicted molar refractivity (Wildman–Crippen MR) is 72.1 cm³/mol. The second kappa shape index (κ2) is 5.93. The number of hydrogen-bond donors (Lipinski definition) is 1. The van der Waals surface area contributed by atoms with Crippen LogP contribution in [0.3, 0.4) is 0 Å². The molecular weight excluding hydrogens is 278 g/mol. The fourth-order valence-corrected chi connectivity index (χ4v) is 2.40. The summed E-state index contributed by atoms with van der Waals surface area (Å²) in [5.74, 6) is 1.09. The maximum absolute atomic E-state index is 8.78. The van der Waals surface area contributed by atoms with Crippen LogP contribution in [0.25, 0.3) is 10.8 Å². The van der Waals surface area contributed by atoms with Crippen molar-refractivity contribution in [3.8, 4) is 10.8 Å². The molecule has 104 valence electrons. The van der Waals surface area contributed by atoms with Crippen molar-refractivity contribution < 1.29 is 9.63 Å². The SMILES string of the molecule is OCCCc1cn(Cc2noc(-c3cccs3)n2)nn1. The van der Waals surface area contributed by atoms with Gasteiger partial charge in [0.25, 0.3) is 5.89 Å². The first kappa shape index (κ1) is 12.9. The van der Waals surface area contributed by atoms with Gasteiger partial charge >= 0.3 is 0 Å². The fraction of sp³-hybridized carbons (Fsp3) is 0.333. The second-order valence-corrected chi connectivity index (χ2v) is 5.18. The van der Waals surface area contributed by atoms with E-state index in [1.807, 2.05) is 23.7 Å². The molecule has 0 fully saturated rings. The van der Waals surface area contributed by atoms with E-state index in [0.717, 1.165) is 10.6 Å². The minimum atomic E-state index is 0.155. The maximum Gasteiger partial charge on any atom is 0.268 e. The number of aryl methyl sites for hydroxylation is 1. The van der Waals surface area contributed by atoms with Gasteiger partial charge in [0.1, 0.15) is 6.54 Å². The normalized spacial score (nSPS) is 11.1. The summed E-state index contributed by atoms with van der Waals surface area (Å²) >= 11 is 1.55. The van der Waals surface area contributed by atoms with Crippen molar-refractivity contribution in [3.63, 3.8) is 0 Å². The van der Waals surface area contributed by atoms with Gasteiger partial charge in [-0.15, -0.1) is 16.4 Å². The van der Waals surface area contributed by atoms with E-state index >= 15 is 0 Å². The van der Waals surface area contributed by atoms with E-state index in [4.69, 9.17) is 9.63 Å². The number of thiophene rings is 1. The van der Waals surface area contributed by atoms with E-state index in [1.165, 1.54) is 0 Å². The molecule has 8 heteroatoms. The Morgan fingerprint density at radius 1 is 1.40 bits per heavy atom. The molecule has 3 aromatic heterocycles. The molecule has 20 heavy (non-hydrogen) atoms. The Bertz CT molecular complexity index is 661. The lowest BCUT2D eigenvalue weighted by atomic mass is 10.3. The molecule has 0 aliphatic rings. The van der Waals surface area contributed by atoms with Crippen LogP contribution in [0, 0.1) is 0 Å². The molecule has 0 amide bonds. The smallest absolute Gasteiger partial charge is 0.268 e. The van der Waals surface area contributed by atoms with Crippen molar-refractivity contribution in [1.82, 2.24) is 25.1 Å². The lowest BCUT2D eigenvalue weighted by Crippen LogP contribution is -2.02. The molecule has 0 saturated carbocycles. The molecular formula is C12H13N5O2S. The molecule has 0 bridgehead atoms. The maximum atomic E-state index is 8.78. The molecule has 0 saturated heterocycles. The first-order valence-corrected chi connectivity index (χ1v) is 7.09. The van der Waals surface area contributed by atoms with Crippen molar-refractivity contribution in [3.05, 3.63) is 35.2 Å². The van der Waals surface area contributed by atoms with Gasteiger partial charge < -0.3 is 9.63 Å². The van der Waals surface area contributed by atoms with Gasteiger partial charge in [0.15, 0.2) is 5.82 Å². The average molecular weight is 291 g/mol. The number of rotatable bonds is 6. The van der Waals surface area contributed by atoms with Gasteiger partial charge in [0.2, 0.25) is 0 Å². The Balaban J connectivity index is 1.67. The highest BCUT2D eigenvalue weighted by Gasteiger charge is 2.10. The van der Waals surface area contributed by atoms with Crippen LogP contribution in [0.15, 0.2) is 28.2 Å². The Labute approximate surface area is 118 Å². The van der Waals surface area contributed by atoms with Gasteiger partial charge in [-0.3, -0.25) is 0 Å². The minimum absolute atomic E-state index is 0.155. The molecule has 0 aromatic carbocycles. The topological polar surface area (TPSA) is 89.9 Å². The number of aliphatic hydroxyl groups excluding tert-OH is 1. The monoisotopic (exact) mass is 291 g/mol. The molecule has 0 unspecified atom stereocenters. The molecule has 0 aliphatic heterocycles. The van der Waals surface area contributed by atoms with Crippen LogP contribution < -0.4 is 0 Å². The second-order valence-electron chi connectivity index (χ2n) is 4.23. The van der Waals surface area contributed by atoms with Crippen molar-refractivity contribution in [2.45, 2.75) is 19.4 Å². The molecule has 0 aliphatic carbocycles. The van der Waals surface area contributed by atoms with E-state index in [9.17, 15) is 0 Å². The molecule has 0 radical (unpaired) electrons. The quantitative estimate of drug-likeness (QED) is 0.737. The summed E-state index contributed by atoms with van der Waals surface area (Å²) in [6.45, 7) is 0.572. The average Bonchev–Trinajstić information content (AvgIpc) is 3.18. The molecule has 7 nitrogen and oxygen atoms in total. The zero-order valence-electron chi connectivity index (χ0n) is 10.6. The zero-order valence-corrected chi connectivity index (χ0v) is 11.5. The van der Waals surface area contributed by atoms with Gasteiger partial charge in [0, 0.05) is 12.8 Å². The molecule has 0 atom stereocenters. The molecule has 0 spiro atoms. The van der Waals surface area contributed by atoms with E-state index in [0.29, 0.717) is 31.1 Å². The van der Waals surface area contributed by atoms with Crippen molar-refractivity contribution >= 4 is 11.3 Å². The highest BCUT2D eigenvalue weighted by atomic mass is 32.1. The van der Waals surface area contributed by atoms with Gasteiger partial charge in [-0.1, -0.05) is 16.4 Å². The van der Waals surface area contributed by atoms with Crippen molar-refractivity contribution in [2.75, 3.05) is 6.61 Å². The number of aliphatic hydroxyl groups is 1. The third kappa shape index (κ3) is 2.91. The fourth-order valence-electron chi connectivity index (χ4n) is 1.75. The standard InChI is InChI=1S/C12H13N5O2S/c18-5-1-3-9-7-17(16-14-9)8-11-13-12(19-15-11)10-4-2-6-20-10/h2,4,6-7,18H,1,3,5,8H2. The summed E-state index contributed by atoms with van der Waals surface area (Å²) in [6, 6.07) is 3.87. The number of nitrogens with zero attached hydrogens (tertiary/aromatic N) is 5. The van der Waals surface area contributed by atoms with Crippen LogP contribution in [0.1, 0.15) is 17.9 Å². The number of aromatic nitrogens is 5. The van der Waals surface area contributed by atoms with E-state index in [-0.39, 0.29) is 6.61 Å². The summed E-state index contributed by atoms with van der Waals surface area (Å²) in [5.41, 5.74) is 0.848. The first-order valence-electron chi connectivity index (χ1n) is 6.21. The van der Waals surface area contributed by atoms with E-state index in [1.54, 1.807) is 16.0 Å². The first-order chi connectivity index (χ1) is 9.85. The Morgan fingerprint density at radius 2 is 2.35 bits per heavy atom. The largest absolute Gasteiger partial charge is 0.396 e. The third-order valence-corrected chi connectivity index (χ3v) is 3.54. The van der Waals surface area contributed by atoms with Crippen molar-refractivity contribution in [1.29, 1.82) is 0 Å². The van der Waals surface area contributed by atoms with Crippen molar-refractivity contribution in [2.24, 2.45) is 0 Å². The highest BCUT2D eigenvalue weighted by molar-refractivity contribution is 7.13. The predicted octanol–water partition coefficient (Wildman–Crippen LogP) is 1.36. The summed E-state index contributed by atoms with van der Waals surface area (Å²) < 4.78 is 6.87. The summed E-state index contributed by atoms with van der Waals surface area (Å²) in [6.07, 6.45) is 3.23. The van der Waals surface area contributed by atoms with Gasteiger partial charge in [-0.05, 0) is 24.3 Å². The molecule has 3 rings (SSSR count). The molecule has 3 aromatic rings. The Hall–Kier alpha value is -2.06. The summed E-state index contributed by atoms with van der Waals surface area (Å²) in [5, 5.41) is 22.7. The van der Waals surface area contributed by atoms with Gasteiger partial charge in [0.05, 0.1) is 10.6 Å². The molecule has 3 heterocycles. The molecule has 1 N–H and O–H groups in total. The Morgan fingerprint density at radius 3 is 3.15 bits per heavy atom. The van der Waals surface area contributed by atoms with Crippen LogP contribution in [0.4, 0.5) is 0 Å².